The van der Waals surface area contributed by atoms with Crippen molar-refractivity contribution in [1.29, 1.82) is 0 Å². The lowest BCUT2D eigenvalue weighted by Crippen LogP contribution is -2.25. The van der Waals surface area contributed by atoms with E-state index in [-0.39, 0.29) is 0 Å². The van der Waals surface area contributed by atoms with Crippen LogP contribution < -0.4 is 0 Å². The van der Waals surface area contributed by atoms with Gasteiger partial charge in [-0.2, -0.15) is 0 Å². The van der Waals surface area contributed by atoms with E-state index in [1.54, 1.807) is 0 Å². The minimum Gasteiger partial charge on any atom is -0.418 e. The van der Waals surface area contributed by atoms with Gasteiger partial charge in [0.1, 0.15) is 0 Å². The minimum atomic E-state index is -1.26. The van der Waals surface area contributed by atoms with Gasteiger partial charge in [0.25, 0.3) is 0 Å². The second kappa shape index (κ2) is 12.9. The van der Waals surface area contributed by atoms with Crippen LogP contribution in [-0.4, -0.2) is 14.9 Å². The molecule has 1 nitrogen and oxygen atoms in total. The molecule has 0 aromatic carbocycles. The molecule has 0 bridgehead atoms. The first-order valence-corrected chi connectivity index (χ1v) is 11.8. The maximum absolute atomic E-state index is 5.85. The van der Waals surface area contributed by atoms with E-state index < -0.39 is 8.32 Å². The van der Waals surface area contributed by atoms with Gasteiger partial charge in [0.15, 0.2) is 8.32 Å². The molecule has 0 amide bonds. The van der Waals surface area contributed by atoms with E-state index in [0.29, 0.717) is 0 Å². The summed E-state index contributed by atoms with van der Waals surface area (Å²) in [5, 5.41) is 0. The average molecular weight is 285 g/mol. The molecule has 0 unspecified atom stereocenters. The predicted octanol–water partition coefficient (Wildman–Crippen LogP) is 6.32. The summed E-state index contributed by atoms with van der Waals surface area (Å²) < 4.78 is 5.85. The van der Waals surface area contributed by atoms with Gasteiger partial charge in [-0.1, -0.05) is 57.6 Å². The largest absolute Gasteiger partial charge is 0.418 e. The zero-order chi connectivity index (χ0) is 14.4. The van der Waals surface area contributed by atoms with Crippen molar-refractivity contribution in [3.05, 3.63) is 12.2 Å². The molecule has 0 fully saturated rings. The summed E-state index contributed by atoms with van der Waals surface area (Å²) in [5.74, 6) is 0. The van der Waals surface area contributed by atoms with Crippen LogP contribution in [0.25, 0.3) is 0 Å². The Labute approximate surface area is 123 Å². The van der Waals surface area contributed by atoms with E-state index in [0.717, 1.165) is 6.61 Å². The van der Waals surface area contributed by atoms with Crippen molar-refractivity contribution < 1.29 is 4.43 Å². The van der Waals surface area contributed by atoms with E-state index in [2.05, 4.69) is 38.7 Å². The van der Waals surface area contributed by atoms with Crippen molar-refractivity contribution >= 4 is 8.32 Å². The molecule has 0 saturated carbocycles. The first kappa shape index (κ1) is 18.9. The van der Waals surface area contributed by atoms with E-state index in [9.17, 15) is 0 Å². The Morgan fingerprint density at radius 1 is 0.737 bits per heavy atom. The Morgan fingerprint density at radius 2 is 1.26 bits per heavy atom. The summed E-state index contributed by atoms with van der Waals surface area (Å²) in [7, 11) is -1.26. The summed E-state index contributed by atoms with van der Waals surface area (Å²) in [6.45, 7) is 9.98. The fraction of sp³-hybridized carbons (Fsp3) is 0.882. The topological polar surface area (TPSA) is 9.23 Å². The van der Waals surface area contributed by atoms with Crippen LogP contribution in [0.1, 0.15) is 71.1 Å². The van der Waals surface area contributed by atoms with Crippen molar-refractivity contribution in [2.75, 3.05) is 6.61 Å². The van der Waals surface area contributed by atoms with Crippen LogP contribution in [0.15, 0.2) is 12.2 Å². The summed E-state index contributed by atoms with van der Waals surface area (Å²) in [6.07, 6.45) is 18.1. The Hall–Kier alpha value is -0.0831. The highest BCUT2D eigenvalue weighted by Crippen LogP contribution is 2.11. The van der Waals surface area contributed by atoms with Gasteiger partial charge in [-0.15, -0.1) is 0 Å². The van der Waals surface area contributed by atoms with E-state index >= 15 is 0 Å². The third-order valence-electron chi connectivity index (χ3n) is 3.20. The zero-order valence-corrected chi connectivity index (χ0v) is 14.8. The third-order valence-corrected chi connectivity index (χ3v) is 4.27. The minimum absolute atomic E-state index is 0.986. The summed E-state index contributed by atoms with van der Waals surface area (Å²) in [5.41, 5.74) is 0. The second-order valence-corrected chi connectivity index (χ2v) is 11.0. The van der Waals surface area contributed by atoms with E-state index in [4.69, 9.17) is 4.43 Å². The molecule has 0 N–H and O–H groups in total. The Morgan fingerprint density at radius 3 is 1.79 bits per heavy atom. The molecule has 0 aliphatic heterocycles. The zero-order valence-electron chi connectivity index (χ0n) is 13.8. The Balaban J connectivity index is 3.05. The molecular weight excluding hydrogens is 248 g/mol. The summed E-state index contributed by atoms with van der Waals surface area (Å²) in [6, 6.07) is 0. The number of hydrogen-bond acceptors (Lipinski definition) is 1. The SMILES string of the molecule is CC/C=C\CCCCCCCCCCO[Si](C)(C)C. The molecule has 0 spiro atoms. The van der Waals surface area contributed by atoms with Gasteiger partial charge >= 0.3 is 0 Å². The van der Waals surface area contributed by atoms with Crippen LogP contribution in [0.5, 0.6) is 0 Å². The molecule has 0 heterocycles. The molecule has 0 aromatic heterocycles. The highest BCUT2D eigenvalue weighted by Gasteiger charge is 2.12. The summed E-state index contributed by atoms with van der Waals surface area (Å²) >= 11 is 0. The van der Waals surface area contributed by atoms with Crippen molar-refractivity contribution in [3.63, 3.8) is 0 Å². The quantitative estimate of drug-likeness (QED) is 0.218. The highest BCUT2D eigenvalue weighted by atomic mass is 28.4. The molecule has 0 radical (unpaired) electrons. The standard InChI is InChI=1S/C17H36OSi/c1-5-6-7-8-9-10-11-12-13-14-15-16-17-18-19(2,3)4/h6-7H,5,8-17H2,1-4H3/b7-6-. The highest BCUT2D eigenvalue weighted by molar-refractivity contribution is 6.69. The van der Waals surface area contributed by atoms with Gasteiger partial charge in [-0.3, -0.25) is 0 Å². The molecule has 19 heavy (non-hydrogen) atoms. The monoisotopic (exact) mass is 284 g/mol. The van der Waals surface area contributed by atoms with Gasteiger partial charge in [-0.25, -0.2) is 0 Å². The van der Waals surface area contributed by atoms with E-state index in [1.807, 2.05) is 0 Å². The van der Waals surface area contributed by atoms with Gasteiger partial charge in [-0.05, 0) is 45.3 Å². The lowest BCUT2D eigenvalue weighted by molar-refractivity contribution is 0.298. The van der Waals surface area contributed by atoms with Gasteiger partial charge in [0, 0.05) is 6.61 Å². The van der Waals surface area contributed by atoms with E-state index in [1.165, 1.54) is 64.2 Å². The second-order valence-electron chi connectivity index (χ2n) is 6.46. The maximum Gasteiger partial charge on any atom is 0.183 e. The molecule has 0 aliphatic carbocycles. The molecule has 0 rings (SSSR count). The Bertz CT molecular complexity index is 206. The predicted molar refractivity (Wildman–Crippen MR) is 90.3 cm³/mol. The molecular formula is C17H36OSi. The molecule has 0 aliphatic rings. The van der Waals surface area contributed by atoms with Crippen molar-refractivity contribution in [3.8, 4) is 0 Å². The van der Waals surface area contributed by atoms with Crippen LogP contribution in [0.3, 0.4) is 0 Å². The fourth-order valence-electron chi connectivity index (χ4n) is 2.09. The molecule has 0 aromatic rings. The smallest absolute Gasteiger partial charge is 0.183 e. The fourth-order valence-corrected chi connectivity index (χ4v) is 2.84. The maximum atomic E-state index is 5.85. The van der Waals surface area contributed by atoms with Crippen LogP contribution in [0.2, 0.25) is 19.6 Å². The van der Waals surface area contributed by atoms with Crippen LogP contribution in [0.4, 0.5) is 0 Å². The van der Waals surface area contributed by atoms with Gasteiger partial charge in [0.2, 0.25) is 0 Å². The lowest BCUT2D eigenvalue weighted by atomic mass is 10.1. The van der Waals surface area contributed by atoms with Gasteiger partial charge < -0.3 is 4.43 Å². The third kappa shape index (κ3) is 17.9. The first-order chi connectivity index (χ1) is 9.06. The molecule has 0 atom stereocenters. The van der Waals surface area contributed by atoms with Crippen LogP contribution in [-0.2, 0) is 4.43 Å². The number of hydrogen-bond donors (Lipinski definition) is 0. The summed E-state index contributed by atoms with van der Waals surface area (Å²) in [4.78, 5) is 0. The normalized spacial score (nSPS) is 12.4. The van der Waals surface area contributed by atoms with Crippen molar-refractivity contribution in [2.45, 2.75) is 90.8 Å². The van der Waals surface area contributed by atoms with Crippen molar-refractivity contribution in [1.82, 2.24) is 0 Å². The average Bonchev–Trinajstić information content (AvgIpc) is 2.34. The number of unbranched alkanes of at least 4 members (excludes halogenated alkanes) is 8. The number of allylic oxidation sites excluding steroid dienone is 2. The first-order valence-electron chi connectivity index (χ1n) is 8.35. The molecule has 2 heteroatoms. The molecule has 114 valence electrons. The lowest BCUT2D eigenvalue weighted by Gasteiger charge is -2.16. The van der Waals surface area contributed by atoms with Crippen LogP contribution in [0, 0.1) is 0 Å². The van der Waals surface area contributed by atoms with Crippen molar-refractivity contribution in [2.24, 2.45) is 0 Å². The van der Waals surface area contributed by atoms with Crippen LogP contribution >= 0.6 is 0 Å². The van der Waals surface area contributed by atoms with Gasteiger partial charge in [0.05, 0.1) is 0 Å². The molecule has 0 saturated heterocycles. The Kier molecular flexibility index (Phi) is 12.9. The number of rotatable bonds is 13.